The molecule has 1 aromatic carbocycles. The minimum absolute atomic E-state index is 0.417. The average Bonchev–Trinajstić information content (AvgIpc) is 2.89. The third kappa shape index (κ3) is 2.78. The van der Waals surface area contributed by atoms with Crippen LogP contribution in [0, 0.1) is 11.3 Å². The van der Waals surface area contributed by atoms with Gasteiger partial charge in [0.15, 0.2) is 13.5 Å². The Hall–Kier alpha value is -2.81. The molecular weight excluding hydrogens is 287 g/mol. The fraction of sp³-hybridized carbons (Fsp3) is 0.235. The lowest BCUT2D eigenvalue weighted by Crippen LogP contribution is -2.06. The van der Waals surface area contributed by atoms with Crippen LogP contribution in [0.3, 0.4) is 0 Å². The van der Waals surface area contributed by atoms with Gasteiger partial charge in [-0.3, -0.25) is 9.67 Å². The maximum absolute atomic E-state index is 9.40. The summed E-state index contributed by atoms with van der Waals surface area (Å²) in [6.07, 6.45) is 2.76. The fourth-order valence-corrected chi connectivity index (χ4v) is 2.60. The molecule has 2 aromatic heterocycles. The third-order valence-electron chi connectivity index (χ3n) is 3.73. The van der Waals surface area contributed by atoms with Crippen LogP contribution in [-0.2, 0) is 7.05 Å². The van der Waals surface area contributed by atoms with Crippen LogP contribution in [0.1, 0.15) is 19.0 Å². The molecule has 0 aliphatic carbocycles. The summed E-state index contributed by atoms with van der Waals surface area (Å²) in [6, 6.07) is 10.1. The molecule has 114 valence electrons. The van der Waals surface area contributed by atoms with Crippen molar-refractivity contribution >= 4 is 24.3 Å². The fourth-order valence-electron chi connectivity index (χ4n) is 2.60. The number of fused-ring (bicyclic) bond motifs is 1. The number of hydrogen-bond acceptors (Lipinski definition) is 4. The van der Waals surface area contributed by atoms with Gasteiger partial charge in [-0.1, -0.05) is 19.1 Å². The first-order valence-electron chi connectivity index (χ1n) is 7.60. The largest absolute Gasteiger partial charge is 0.494 e. The van der Waals surface area contributed by atoms with Gasteiger partial charge in [-0.2, -0.15) is 10.4 Å². The van der Waals surface area contributed by atoms with Gasteiger partial charge in [-0.25, -0.2) is 0 Å². The highest BCUT2D eigenvalue weighted by molar-refractivity contribution is 6.30. The van der Waals surface area contributed by atoms with Crippen LogP contribution in [0.25, 0.3) is 22.0 Å². The van der Waals surface area contributed by atoms with E-state index in [1.165, 1.54) is 0 Å². The van der Waals surface area contributed by atoms with E-state index in [0.29, 0.717) is 12.3 Å². The van der Waals surface area contributed by atoms with E-state index in [-0.39, 0.29) is 0 Å². The predicted molar refractivity (Wildman–Crippen MR) is 92.6 cm³/mol. The number of aromatic nitrogens is 3. The number of aryl methyl sites for hydroxylation is 1. The summed E-state index contributed by atoms with van der Waals surface area (Å²) < 4.78 is 7.52. The van der Waals surface area contributed by atoms with E-state index >= 15 is 0 Å². The smallest absolute Gasteiger partial charge is 0.170 e. The van der Waals surface area contributed by atoms with Crippen LogP contribution in [0.5, 0.6) is 5.75 Å². The molecule has 0 N–H and O–H groups in total. The number of pyridine rings is 1. The summed E-state index contributed by atoms with van der Waals surface area (Å²) >= 11 is 0. The highest BCUT2D eigenvalue weighted by Crippen LogP contribution is 2.34. The molecule has 23 heavy (non-hydrogen) atoms. The van der Waals surface area contributed by atoms with Gasteiger partial charge >= 0.3 is 0 Å². The average molecular weight is 304 g/mol. The van der Waals surface area contributed by atoms with Gasteiger partial charge in [-0.15, -0.1) is 0 Å². The molecule has 2 heterocycles. The van der Waals surface area contributed by atoms with Crippen molar-refractivity contribution in [3.8, 4) is 22.9 Å². The lowest BCUT2D eigenvalue weighted by molar-refractivity contribution is 0.318. The van der Waals surface area contributed by atoms with Crippen LogP contribution < -0.4 is 10.3 Å². The van der Waals surface area contributed by atoms with Crippen LogP contribution in [0.15, 0.2) is 30.5 Å². The summed E-state index contributed by atoms with van der Waals surface area (Å²) in [6.45, 7) is 2.72. The zero-order valence-electron chi connectivity index (χ0n) is 13.5. The second kappa shape index (κ2) is 6.13. The van der Waals surface area contributed by atoms with Gasteiger partial charge in [0.2, 0.25) is 0 Å². The Morgan fingerprint density at radius 1 is 1.35 bits per heavy atom. The van der Waals surface area contributed by atoms with Gasteiger partial charge in [0, 0.05) is 30.3 Å². The Labute approximate surface area is 135 Å². The molecule has 0 atom stereocenters. The quantitative estimate of drug-likeness (QED) is 0.686. The molecule has 5 nitrogen and oxygen atoms in total. The van der Waals surface area contributed by atoms with Crippen LogP contribution in [0.2, 0.25) is 0 Å². The molecule has 3 rings (SSSR count). The summed E-state index contributed by atoms with van der Waals surface area (Å²) in [5, 5.41) is 14.6. The van der Waals surface area contributed by atoms with E-state index in [2.05, 4.69) is 23.1 Å². The minimum Gasteiger partial charge on any atom is -0.494 e. The highest BCUT2D eigenvalue weighted by Gasteiger charge is 2.16. The number of nitriles is 1. The Kier molecular flexibility index (Phi) is 4.03. The zero-order valence-corrected chi connectivity index (χ0v) is 13.5. The van der Waals surface area contributed by atoms with E-state index in [4.69, 9.17) is 4.74 Å². The maximum atomic E-state index is 9.40. The Bertz CT molecular complexity index is 894. The minimum atomic E-state index is 0.417. The van der Waals surface area contributed by atoms with Gasteiger partial charge in [0.25, 0.3) is 0 Å². The Morgan fingerprint density at radius 2 is 2.17 bits per heavy atom. The zero-order chi connectivity index (χ0) is 16.4. The molecule has 0 radical (unpaired) electrons. The standard InChI is InChI=1S/C17H17BN4O/c1-3-6-23-12-7-13(11-4-5-16(18)20-10-11)17-14(9-19)21-22(2)15(17)8-12/h4-5,7-8,10H,3,6,18H2,1-2H3. The number of hydrogen-bond donors (Lipinski definition) is 0. The highest BCUT2D eigenvalue weighted by atomic mass is 16.5. The van der Waals surface area contributed by atoms with Gasteiger partial charge < -0.3 is 4.74 Å². The van der Waals surface area contributed by atoms with Crippen LogP contribution in [-0.4, -0.2) is 29.2 Å². The first-order valence-corrected chi connectivity index (χ1v) is 7.60. The molecule has 0 aliphatic heterocycles. The van der Waals surface area contributed by atoms with Crippen molar-refractivity contribution in [2.45, 2.75) is 13.3 Å². The molecule has 0 saturated carbocycles. The van der Waals surface area contributed by atoms with Crippen molar-refractivity contribution in [3.05, 3.63) is 36.2 Å². The molecule has 0 bridgehead atoms. The monoisotopic (exact) mass is 304 g/mol. The molecule has 0 fully saturated rings. The van der Waals surface area contributed by atoms with Crippen molar-refractivity contribution < 1.29 is 4.74 Å². The number of rotatable bonds is 4. The molecule has 6 heteroatoms. The van der Waals surface area contributed by atoms with Gasteiger partial charge in [0.1, 0.15) is 11.8 Å². The van der Waals surface area contributed by atoms with Crippen molar-refractivity contribution in [2.24, 2.45) is 7.05 Å². The van der Waals surface area contributed by atoms with Crippen molar-refractivity contribution in [3.63, 3.8) is 0 Å². The first-order chi connectivity index (χ1) is 11.1. The summed E-state index contributed by atoms with van der Waals surface area (Å²) in [5.74, 6) is 0.780. The van der Waals surface area contributed by atoms with Crippen molar-refractivity contribution in [1.82, 2.24) is 14.8 Å². The lowest BCUT2D eigenvalue weighted by Gasteiger charge is -2.10. The molecule has 0 spiro atoms. The summed E-state index contributed by atoms with van der Waals surface area (Å²) in [4.78, 5) is 4.37. The molecule has 0 unspecified atom stereocenters. The maximum Gasteiger partial charge on any atom is 0.170 e. The first kappa shape index (κ1) is 15.1. The predicted octanol–water partition coefficient (Wildman–Crippen LogP) is 1.55. The number of benzene rings is 1. The summed E-state index contributed by atoms with van der Waals surface area (Å²) in [7, 11) is 3.79. The Balaban J connectivity index is 2.27. The van der Waals surface area contributed by atoms with E-state index in [0.717, 1.165) is 39.8 Å². The van der Waals surface area contributed by atoms with E-state index in [1.807, 2.05) is 45.4 Å². The second-order valence-corrected chi connectivity index (χ2v) is 5.49. The van der Waals surface area contributed by atoms with E-state index in [1.54, 1.807) is 4.68 Å². The normalized spacial score (nSPS) is 10.7. The van der Waals surface area contributed by atoms with Gasteiger partial charge in [0.05, 0.1) is 12.1 Å². The van der Waals surface area contributed by atoms with E-state index < -0.39 is 0 Å². The topological polar surface area (TPSA) is 63.7 Å². The third-order valence-corrected chi connectivity index (χ3v) is 3.73. The lowest BCUT2D eigenvalue weighted by atomic mass is 9.98. The van der Waals surface area contributed by atoms with Gasteiger partial charge in [-0.05, 0) is 23.6 Å². The SMILES string of the molecule is Bc1ccc(-c2cc(OCCC)cc3c2c(C#N)nn3C)cn1. The number of ether oxygens (including phenoxy) is 1. The molecular formula is C17H17BN4O. The molecule has 0 amide bonds. The Morgan fingerprint density at radius 3 is 2.83 bits per heavy atom. The second-order valence-electron chi connectivity index (χ2n) is 5.49. The van der Waals surface area contributed by atoms with Crippen LogP contribution >= 0.6 is 0 Å². The summed E-state index contributed by atoms with van der Waals surface area (Å²) in [5.41, 5.74) is 4.12. The molecule has 0 saturated heterocycles. The van der Waals surface area contributed by atoms with Crippen molar-refractivity contribution in [1.29, 1.82) is 5.26 Å². The number of nitrogens with zero attached hydrogens (tertiary/aromatic N) is 4. The molecule has 0 aliphatic rings. The van der Waals surface area contributed by atoms with E-state index in [9.17, 15) is 5.26 Å². The molecule has 3 aromatic rings. The van der Waals surface area contributed by atoms with Crippen LogP contribution in [0.4, 0.5) is 0 Å². The van der Waals surface area contributed by atoms with Crippen molar-refractivity contribution in [2.75, 3.05) is 6.61 Å².